The molecule has 1 saturated carbocycles. The van der Waals surface area contributed by atoms with E-state index in [1.165, 1.54) is 0 Å². The molecule has 0 aromatic carbocycles. The van der Waals surface area contributed by atoms with E-state index in [-0.39, 0.29) is 18.9 Å². The number of hydrogen-bond acceptors (Lipinski definition) is 1. The molecule has 60 valence electrons. The fraction of sp³-hybridized carbons (Fsp3) is 1.00. The highest BCUT2D eigenvalue weighted by Gasteiger charge is 2.54. The van der Waals surface area contributed by atoms with Crippen molar-refractivity contribution in [2.45, 2.75) is 19.0 Å². The van der Waals surface area contributed by atoms with Gasteiger partial charge in [0.15, 0.2) is 0 Å². The minimum Gasteiger partial charge on any atom is -0.396 e. The zero-order valence-electron chi connectivity index (χ0n) is 5.36. The summed E-state index contributed by atoms with van der Waals surface area (Å²) in [6.07, 6.45) is -3.52. The van der Waals surface area contributed by atoms with Gasteiger partial charge >= 0.3 is 6.18 Å². The zero-order valence-corrected chi connectivity index (χ0v) is 5.36. The third kappa shape index (κ3) is 1.62. The normalized spacial score (nSPS) is 32.4. The van der Waals surface area contributed by atoms with Crippen LogP contribution in [-0.4, -0.2) is 17.9 Å². The van der Waals surface area contributed by atoms with Crippen LogP contribution in [0.5, 0.6) is 0 Å². The van der Waals surface area contributed by atoms with E-state index < -0.39 is 12.1 Å². The van der Waals surface area contributed by atoms with Gasteiger partial charge in [0.25, 0.3) is 0 Å². The molecule has 1 rings (SSSR count). The van der Waals surface area contributed by atoms with Gasteiger partial charge in [0.1, 0.15) is 0 Å². The summed E-state index contributed by atoms with van der Waals surface area (Å²) in [6.45, 7) is -0.128. The van der Waals surface area contributed by atoms with Crippen molar-refractivity contribution in [3.63, 3.8) is 0 Å². The average Bonchev–Trinajstić information content (AvgIpc) is 2.44. The van der Waals surface area contributed by atoms with Crippen molar-refractivity contribution in [2.24, 2.45) is 11.8 Å². The summed E-state index contributed by atoms with van der Waals surface area (Å²) in [5, 5.41) is 8.29. The van der Waals surface area contributed by atoms with Crippen LogP contribution in [-0.2, 0) is 0 Å². The summed E-state index contributed by atoms with van der Waals surface area (Å²) >= 11 is 0. The van der Waals surface area contributed by atoms with Crippen molar-refractivity contribution < 1.29 is 18.3 Å². The van der Waals surface area contributed by atoms with Crippen LogP contribution in [0.3, 0.4) is 0 Å². The highest BCUT2D eigenvalue weighted by molar-refractivity contribution is 4.90. The number of alkyl halides is 3. The van der Waals surface area contributed by atoms with Gasteiger partial charge in [-0.1, -0.05) is 0 Å². The number of aliphatic hydroxyl groups excluding tert-OH is 1. The molecule has 0 saturated heterocycles. The fourth-order valence-corrected chi connectivity index (χ4v) is 1.13. The van der Waals surface area contributed by atoms with Gasteiger partial charge in [0, 0.05) is 6.61 Å². The number of aliphatic hydroxyl groups is 1. The van der Waals surface area contributed by atoms with Crippen LogP contribution in [0.2, 0.25) is 0 Å². The molecule has 1 N–H and O–H groups in total. The van der Waals surface area contributed by atoms with E-state index in [1.807, 2.05) is 0 Å². The highest BCUT2D eigenvalue weighted by Crippen LogP contribution is 2.51. The van der Waals surface area contributed by atoms with E-state index in [0.29, 0.717) is 6.42 Å². The van der Waals surface area contributed by atoms with Gasteiger partial charge in [0.2, 0.25) is 0 Å². The second kappa shape index (κ2) is 2.42. The second-order valence-electron chi connectivity index (χ2n) is 2.66. The molecule has 0 unspecified atom stereocenters. The Labute approximate surface area is 56.8 Å². The van der Waals surface area contributed by atoms with E-state index in [9.17, 15) is 13.2 Å². The quantitative estimate of drug-likeness (QED) is 0.640. The first-order valence-electron chi connectivity index (χ1n) is 3.23. The Bertz CT molecular complexity index is 121. The molecule has 1 fully saturated rings. The van der Waals surface area contributed by atoms with Gasteiger partial charge in [0.05, 0.1) is 5.92 Å². The number of hydrogen-bond donors (Lipinski definition) is 1. The van der Waals surface area contributed by atoms with Crippen LogP contribution in [0.1, 0.15) is 12.8 Å². The maximum Gasteiger partial charge on any atom is 0.392 e. The Kier molecular flexibility index (Phi) is 1.90. The van der Waals surface area contributed by atoms with Gasteiger partial charge in [-0.3, -0.25) is 0 Å². The molecule has 1 aliphatic carbocycles. The summed E-state index contributed by atoms with van der Waals surface area (Å²) in [5.74, 6) is -1.43. The topological polar surface area (TPSA) is 20.2 Å². The van der Waals surface area contributed by atoms with E-state index in [0.717, 1.165) is 0 Å². The first-order valence-corrected chi connectivity index (χ1v) is 3.23. The molecule has 1 aliphatic rings. The molecule has 10 heavy (non-hydrogen) atoms. The summed E-state index contributed by atoms with van der Waals surface area (Å²) in [4.78, 5) is 0. The van der Waals surface area contributed by atoms with E-state index in [2.05, 4.69) is 0 Å². The fourth-order valence-electron chi connectivity index (χ4n) is 1.13. The van der Waals surface area contributed by atoms with Gasteiger partial charge in [-0.2, -0.15) is 13.2 Å². The first kappa shape index (κ1) is 7.85. The lowest BCUT2D eigenvalue weighted by molar-refractivity contribution is -0.151. The van der Waals surface area contributed by atoms with Crippen LogP contribution < -0.4 is 0 Å². The largest absolute Gasteiger partial charge is 0.396 e. The Morgan fingerprint density at radius 2 is 2.00 bits per heavy atom. The molecule has 4 heteroatoms. The predicted octanol–water partition coefficient (Wildman–Crippen LogP) is 1.57. The third-order valence-electron chi connectivity index (χ3n) is 1.84. The van der Waals surface area contributed by atoms with Crippen molar-refractivity contribution in [2.75, 3.05) is 6.61 Å². The second-order valence-corrected chi connectivity index (χ2v) is 2.66. The van der Waals surface area contributed by atoms with Crippen LogP contribution in [0, 0.1) is 11.8 Å². The molecule has 0 heterocycles. The third-order valence-corrected chi connectivity index (χ3v) is 1.84. The van der Waals surface area contributed by atoms with E-state index in [4.69, 9.17) is 5.11 Å². The summed E-state index contributed by atoms with van der Waals surface area (Å²) in [5.41, 5.74) is 0. The first-order chi connectivity index (χ1) is 4.55. The zero-order chi connectivity index (χ0) is 7.78. The van der Waals surface area contributed by atoms with E-state index in [1.54, 1.807) is 0 Å². The Morgan fingerprint density at radius 1 is 1.40 bits per heavy atom. The standard InChI is InChI=1S/C6H9F3O/c7-6(8,9)5-3-4(5)1-2-10/h4-5,10H,1-3H2/t4-,5-/m1/s1. The van der Waals surface area contributed by atoms with Crippen molar-refractivity contribution in [3.05, 3.63) is 0 Å². The summed E-state index contributed by atoms with van der Waals surface area (Å²) in [6, 6.07) is 0. The van der Waals surface area contributed by atoms with Gasteiger partial charge < -0.3 is 5.11 Å². The minimum atomic E-state index is -4.03. The van der Waals surface area contributed by atoms with Crippen LogP contribution in [0.4, 0.5) is 13.2 Å². The predicted molar refractivity (Wildman–Crippen MR) is 29.4 cm³/mol. The van der Waals surface area contributed by atoms with Gasteiger partial charge in [-0.25, -0.2) is 0 Å². The number of halogens is 3. The molecule has 1 nitrogen and oxygen atoms in total. The lowest BCUT2D eigenvalue weighted by Crippen LogP contribution is -2.12. The monoisotopic (exact) mass is 154 g/mol. The Hall–Kier alpha value is -0.250. The van der Waals surface area contributed by atoms with Crippen molar-refractivity contribution >= 4 is 0 Å². The maximum absolute atomic E-state index is 11.7. The smallest absolute Gasteiger partial charge is 0.392 e. The molecule has 0 bridgehead atoms. The molecule has 0 radical (unpaired) electrons. The lowest BCUT2D eigenvalue weighted by atomic mass is 10.2. The molecular weight excluding hydrogens is 145 g/mol. The Morgan fingerprint density at radius 3 is 2.30 bits per heavy atom. The number of rotatable bonds is 2. The molecule has 2 atom stereocenters. The molecule has 0 aliphatic heterocycles. The van der Waals surface area contributed by atoms with Gasteiger partial charge in [-0.15, -0.1) is 0 Å². The van der Waals surface area contributed by atoms with E-state index >= 15 is 0 Å². The van der Waals surface area contributed by atoms with Crippen molar-refractivity contribution in [1.29, 1.82) is 0 Å². The Balaban J connectivity index is 2.25. The molecule has 0 amide bonds. The molecule has 0 aromatic rings. The highest BCUT2D eigenvalue weighted by atomic mass is 19.4. The molecule has 0 spiro atoms. The van der Waals surface area contributed by atoms with Crippen molar-refractivity contribution in [3.8, 4) is 0 Å². The average molecular weight is 154 g/mol. The van der Waals surface area contributed by atoms with Crippen LogP contribution >= 0.6 is 0 Å². The summed E-state index contributed by atoms with van der Waals surface area (Å²) in [7, 11) is 0. The lowest BCUT2D eigenvalue weighted by Gasteiger charge is -2.03. The molecule has 0 aromatic heterocycles. The van der Waals surface area contributed by atoms with Crippen LogP contribution in [0.15, 0.2) is 0 Å². The SMILES string of the molecule is OCC[C@@H]1C[C@H]1C(F)(F)F. The summed E-state index contributed by atoms with van der Waals surface area (Å²) < 4.78 is 35.2. The van der Waals surface area contributed by atoms with Crippen molar-refractivity contribution in [1.82, 2.24) is 0 Å². The minimum absolute atomic E-state index is 0.128. The molecular formula is C6H9F3O. The van der Waals surface area contributed by atoms with Gasteiger partial charge in [-0.05, 0) is 18.8 Å². The van der Waals surface area contributed by atoms with Crippen LogP contribution in [0.25, 0.3) is 0 Å². The maximum atomic E-state index is 11.7.